The average molecular weight is 308 g/mol. The number of nitrogens with zero attached hydrogens (tertiary/aromatic N) is 4. The Morgan fingerprint density at radius 2 is 2.09 bits per heavy atom. The van der Waals surface area contributed by atoms with Crippen LogP contribution >= 0.6 is 0 Å². The predicted molar refractivity (Wildman–Crippen MR) is 87.7 cm³/mol. The Morgan fingerprint density at radius 1 is 1.30 bits per heavy atom. The zero-order valence-corrected chi connectivity index (χ0v) is 12.6. The van der Waals surface area contributed by atoms with Gasteiger partial charge in [-0.05, 0) is 19.1 Å². The largest absolute Gasteiger partial charge is 0.395 e. The Hall–Kier alpha value is -3.11. The van der Waals surface area contributed by atoms with Crippen molar-refractivity contribution < 1.29 is 5.11 Å². The molecular formula is C16H16N6O. The molecule has 0 amide bonds. The topological polar surface area (TPSA) is 98.3 Å². The van der Waals surface area contributed by atoms with Crippen LogP contribution in [0.3, 0.4) is 0 Å². The maximum atomic E-state index is 9.17. The van der Waals surface area contributed by atoms with Crippen LogP contribution in [0.15, 0.2) is 36.5 Å². The van der Waals surface area contributed by atoms with Crippen molar-refractivity contribution in [3.8, 4) is 6.07 Å². The van der Waals surface area contributed by atoms with Crippen LogP contribution in [0.25, 0.3) is 5.65 Å². The van der Waals surface area contributed by atoms with Crippen molar-refractivity contribution in [2.24, 2.45) is 0 Å². The van der Waals surface area contributed by atoms with Crippen LogP contribution in [0, 0.1) is 18.3 Å². The summed E-state index contributed by atoms with van der Waals surface area (Å²) in [5.74, 6) is 0.580. The van der Waals surface area contributed by atoms with E-state index < -0.39 is 0 Å². The van der Waals surface area contributed by atoms with Gasteiger partial charge in [0.05, 0.1) is 18.5 Å². The molecule has 3 aromatic rings. The molecule has 2 heterocycles. The standard InChI is InChI=1S/C16H16N6O/c1-11-2-4-12(5-3-11)20-15-8-14(18-6-7-23)16-19-10-13(9-17)22(16)21-15/h2-5,8,10,18,23H,6-7H2,1H3,(H,20,21). The molecule has 0 spiro atoms. The molecule has 0 saturated carbocycles. The highest BCUT2D eigenvalue weighted by atomic mass is 16.3. The van der Waals surface area contributed by atoms with Gasteiger partial charge in [-0.3, -0.25) is 0 Å². The molecule has 23 heavy (non-hydrogen) atoms. The van der Waals surface area contributed by atoms with Crippen LogP contribution in [-0.2, 0) is 0 Å². The number of aromatic nitrogens is 3. The third kappa shape index (κ3) is 3.07. The summed E-state index contributed by atoms with van der Waals surface area (Å²) in [5.41, 5.74) is 3.66. The Labute approximate surface area is 133 Å². The average Bonchev–Trinajstić information content (AvgIpc) is 2.98. The van der Waals surface area contributed by atoms with Gasteiger partial charge in [0, 0.05) is 18.3 Å². The first-order valence-electron chi connectivity index (χ1n) is 7.18. The van der Waals surface area contributed by atoms with E-state index in [0.29, 0.717) is 29.4 Å². The molecule has 3 N–H and O–H groups in total. The number of aryl methyl sites for hydroxylation is 1. The second-order valence-corrected chi connectivity index (χ2v) is 5.08. The van der Waals surface area contributed by atoms with Crippen molar-refractivity contribution in [2.45, 2.75) is 6.92 Å². The summed E-state index contributed by atoms with van der Waals surface area (Å²) in [6.45, 7) is 2.41. The number of rotatable bonds is 5. The van der Waals surface area contributed by atoms with Crippen molar-refractivity contribution in [3.63, 3.8) is 0 Å². The minimum atomic E-state index is 0.00101. The zero-order valence-electron chi connectivity index (χ0n) is 12.6. The number of hydrogen-bond donors (Lipinski definition) is 3. The van der Waals surface area contributed by atoms with Crippen LogP contribution in [0.2, 0.25) is 0 Å². The van der Waals surface area contributed by atoms with E-state index in [1.807, 2.05) is 31.2 Å². The monoisotopic (exact) mass is 308 g/mol. The molecule has 0 aliphatic rings. The lowest BCUT2D eigenvalue weighted by molar-refractivity contribution is 0.311. The summed E-state index contributed by atoms with van der Waals surface area (Å²) in [4.78, 5) is 4.21. The third-order valence-corrected chi connectivity index (χ3v) is 3.33. The number of benzene rings is 1. The summed E-state index contributed by atoms with van der Waals surface area (Å²) in [7, 11) is 0. The SMILES string of the molecule is Cc1ccc(Nc2cc(NCCO)c3ncc(C#N)n3n2)cc1. The molecule has 0 unspecified atom stereocenters. The molecule has 2 aromatic heterocycles. The number of anilines is 3. The van der Waals surface area contributed by atoms with E-state index in [9.17, 15) is 5.26 Å². The predicted octanol–water partition coefficient (Wildman–Crippen LogP) is 2.06. The normalized spacial score (nSPS) is 10.5. The summed E-state index contributed by atoms with van der Waals surface area (Å²) in [6.07, 6.45) is 1.47. The van der Waals surface area contributed by atoms with Crippen molar-refractivity contribution in [3.05, 3.63) is 47.8 Å². The summed E-state index contributed by atoms with van der Waals surface area (Å²) in [5, 5.41) is 28.9. The van der Waals surface area contributed by atoms with Gasteiger partial charge >= 0.3 is 0 Å². The first-order chi connectivity index (χ1) is 11.2. The molecule has 0 fully saturated rings. The van der Waals surface area contributed by atoms with Gasteiger partial charge in [0.1, 0.15) is 6.07 Å². The number of aliphatic hydroxyl groups is 1. The van der Waals surface area contributed by atoms with E-state index in [1.165, 1.54) is 16.3 Å². The zero-order chi connectivity index (χ0) is 16.2. The number of nitrogens with one attached hydrogen (secondary N) is 2. The smallest absolute Gasteiger partial charge is 0.178 e. The molecule has 0 aliphatic heterocycles. The minimum Gasteiger partial charge on any atom is -0.395 e. The minimum absolute atomic E-state index is 0.00101. The fraction of sp³-hybridized carbons (Fsp3) is 0.188. The lowest BCUT2D eigenvalue weighted by atomic mass is 10.2. The molecule has 7 nitrogen and oxygen atoms in total. The Balaban J connectivity index is 2.02. The van der Waals surface area contributed by atoms with E-state index in [-0.39, 0.29) is 6.61 Å². The molecule has 0 radical (unpaired) electrons. The molecule has 1 aromatic carbocycles. The number of nitriles is 1. The Kier molecular flexibility index (Phi) is 4.08. The quantitative estimate of drug-likeness (QED) is 0.667. The van der Waals surface area contributed by atoms with Gasteiger partial charge < -0.3 is 15.7 Å². The maximum Gasteiger partial charge on any atom is 0.178 e. The van der Waals surface area contributed by atoms with Crippen molar-refractivity contribution >= 4 is 22.8 Å². The molecular weight excluding hydrogens is 292 g/mol. The highest BCUT2D eigenvalue weighted by Gasteiger charge is 2.11. The van der Waals surface area contributed by atoms with Crippen molar-refractivity contribution in [2.75, 3.05) is 23.8 Å². The van der Waals surface area contributed by atoms with Gasteiger partial charge in [-0.15, -0.1) is 5.10 Å². The second kappa shape index (κ2) is 6.34. The first-order valence-corrected chi connectivity index (χ1v) is 7.18. The fourth-order valence-electron chi connectivity index (χ4n) is 2.21. The van der Waals surface area contributed by atoms with E-state index in [2.05, 4.69) is 26.8 Å². The Morgan fingerprint density at radius 3 is 2.78 bits per heavy atom. The van der Waals surface area contributed by atoms with Gasteiger partial charge in [-0.2, -0.15) is 9.78 Å². The molecule has 0 bridgehead atoms. The van der Waals surface area contributed by atoms with Crippen molar-refractivity contribution in [1.82, 2.24) is 14.6 Å². The lowest BCUT2D eigenvalue weighted by Gasteiger charge is -2.11. The van der Waals surface area contributed by atoms with Crippen molar-refractivity contribution in [1.29, 1.82) is 5.26 Å². The van der Waals surface area contributed by atoms with Crippen LogP contribution < -0.4 is 10.6 Å². The molecule has 0 atom stereocenters. The van der Waals surface area contributed by atoms with Gasteiger partial charge in [-0.25, -0.2) is 4.98 Å². The number of hydrogen-bond acceptors (Lipinski definition) is 6. The van der Waals surface area contributed by atoms with E-state index >= 15 is 0 Å². The summed E-state index contributed by atoms with van der Waals surface area (Å²) < 4.78 is 1.48. The molecule has 7 heteroatoms. The Bertz CT molecular complexity index is 863. The summed E-state index contributed by atoms with van der Waals surface area (Å²) >= 11 is 0. The third-order valence-electron chi connectivity index (χ3n) is 3.33. The van der Waals surface area contributed by atoms with E-state index in [1.54, 1.807) is 6.07 Å². The second-order valence-electron chi connectivity index (χ2n) is 5.08. The van der Waals surface area contributed by atoms with Gasteiger partial charge in [0.2, 0.25) is 0 Å². The highest BCUT2D eigenvalue weighted by molar-refractivity contribution is 5.73. The molecule has 3 rings (SSSR count). The fourth-order valence-corrected chi connectivity index (χ4v) is 2.21. The van der Waals surface area contributed by atoms with Gasteiger partial charge in [0.15, 0.2) is 17.2 Å². The maximum absolute atomic E-state index is 9.17. The van der Waals surface area contributed by atoms with E-state index in [0.717, 1.165) is 5.69 Å². The van der Waals surface area contributed by atoms with Crippen LogP contribution in [0.5, 0.6) is 0 Å². The van der Waals surface area contributed by atoms with Crippen LogP contribution in [0.4, 0.5) is 17.2 Å². The number of fused-ring (bicyclic) bond motifs is 1. The summed E-state index contributed by atoms with van der Waals surface area (Å²) in [6, 6.07) is 11.8. The van der Waals surface area contributed by atoms with Gasteiger partial charge in [-0.1, -0.05) is 17.7 Å². The number of aliphatic hydroxyl groups excluding tert-OH is 1. The van der Waals surface area contributed by atoms with E-state index in [4.69, 9.17) is 5.11 Å². The molecule has 0 aliphatic carbocycles. The molecule has 116 valence electrons. The highest BCUT2D eigenvalue weighted by Crippen LogP contribution is 2.22. The number of imidazole rings is 1. The lowest BCUT2D eigenvalue weighted by Crippen LogP contribution is -2.09. The first kappa shape index (κ1) is 14.8. The van der Waals surface area contributed by atoms with Crippen LogP contribution in [0.1, 0.15) is 11.3 Å². The van der Waals surface area contributed by atoms with Crippen LogP contribution in [-0.4, -0.2) is 32.9 Å². The van der Waals surface area contributed by atoms with Gasteiger partial charge in [0.25, 0.3) is 0 Å². The molecule has 0 saturated heterocycles.